The van der Waals surface area contributed by atoms with Gasteiger partial charge >= 0.3 is 0 Å². The fourth-order valence-corrected chi connectivity index (χ4v) is 0.857. The fourth-order valence-electron chi connectivity index (χ4n) is 0.857. The van der Waals surface area contributed by atoms with Gasteiger partial charge in [0.05, 0.1) is 12.0 Å². The second kappa shape index (κ2) is 4.87. The number of aromatic nitrogens is 1. The molecule has 0 bridgehead atoms. The normalized spacial score (nSPS) is 8.64. The monoisotopic (exact) mass is 191 g/mol. The molecule has 0 N–H and O–H groups in total. The van der Waals surface area contributed by atoms with E-state index in [0.717, 1.165) is 0 Å². The first-order valence-corrected chi connectivity index (χ1v) is 3.81. The average molecular weight is 191 g/mol. The number of pyridine rings is 1. The molecule has 70 valence electrons. The lowest BCUT2D eigenvalue weighted by molar-refractivity contribution is -0.107. The van der Waals surface area contributed by atoms with Crippen molar-refractivity contribution in [3.05, 3.63) is 29.3 Å². The van der Waals surface area contributed by atoms with Crippen LogP contribution in [-0.4, -0.2) is 17.6 Å². The van der Waals surface area contributed by atoms with E-state index >= 15 is 0 Å². The maximum Gasteiger partial charge on any atom is 0.224 e. The van der Waals surface area contributed by atoms with Gasteiger partial charge in [-0.3, -0.25) is 4.79 Å². The highest BCUT2D eigenvalue weighted by atomic mass is 19.1. The van der Waals surface area contributed by atoms with Crippen LogP contribution in [0.1, 0.15) is 22.3 Å². The van der Waals surface area contributed by atoms with Crippen LogP contribution in [0.4, 0.5) is 4.39 Å². The van der Waals surface area contributed by atoms with Crippen LogP contribution in [-0.2, 0) is 4.79 Å². The average Bonchev–Trinajstić information content (AvgIpc) is 2.18. The molecule has 1 aromatic rings. The third-order valence-electron chi connectivity index (χ3n) is 1.47. The second-order valence-corrected chi connectivity index (χ2v) is 2.35. The van der Waals surface area contributed by atoms with Crippen LogP contribution < -0.4 is 0 Å². The molecule has 0 aliphatic rings. The topological polar surface area (TPSA) is 47.0 Å². The number of aldehydes is 2. The lowest BCUT2D eigenvalue weighted by Gasteiger charge is -1.95. The SMILES string of the molecule is O=CCC#Cc1ccnc(F)c1C=O. The summed E-state index contributed by atoms with van der Waals surface area (Å²) in [6.07, 6.45) is 2.26. The van der Waals surface area contributed by atoms with Crippen molar-refractivity contribution in [3.8, 4) is 11.8 Å². The molecule has 0 aliphatic heterocycles. The van der Waals surface area contributed by atoms with E-state index in [1.165, 1.54) is 12.3 Å². The van der Waals surface area contributed by atoms with Crippen molar-refractivity contribution < 1.29 is 14.0 Å². The van der Waals surface area contributed by atoms with Gasteiger partial charge in [-0.1, -0.05) is 11.8 Å². The van der Waals surface area contributed by atoms with Crippen LogP contribution in [0.2, 0.25) is 0 Å². The molecule has 0 amide bonds. The third-order valence-corrected chi connectivity index (χ3v) is 1.47. The van der Waals surface area contributed by atoms with Gasteiger partial charge in [0.25, 0.3) is 0 Å². The number of hydrogen-bond acceptors (Lipinski definition) is 3. The summed E-state index contributed by atoms with van der Waals surface area (Å²) in [5, 5.41) is 0. The minimum atomic E-state index is -0.849. The first-order chi connectivity index (χ1) is 6.79. The van der Waals surface area contributed by atoms with Crippen molar-refractivity contribution in [2.45, 2.75) is 6.42 Å². The number of halogens is 1. The molecule has 0 saturated carbocycles. The Hall–Kier alpha value is -2.02. The van der Waals surface area contributed by atoms with E-state index < -0.39 is 5.95 Å². The summed E-state index contributed by atoms with van der Waals surface area (Å²) in [4.78, 5) is 23.7. The minimum absolute atomic E-state index is 0.0578. The van der Waals surface area contributed by atoms with Crippen molar-refractivity contribution in [2.75, 3.05) is 0 Å². The predicted octanol–water partition coefficient (Wildman–Crippen LogP) is 0.974. The maximum absolute atomic E-state index is 12.9. The van der Waals surface area contributed by atoms with Gasteiger partial charge in [0.1, 0.15) is 6.29 Å². The Labute approximate surface area is 80.0 Å². The summed E-state index contributed by atoms with van der Waals surface area (Å²) in [6, 6.07) is 1.42. The first kappa shape index (κ1) is 10.1. The van der Waals surface area contributed by atoms with Crippen molar-refractivity contribution >= 4 is 12.6 Å². The summed E-state index contributed by atoms with van der Waals surface area (Å²) in [5.74, 6) is 4.15. The second-order valence-electron chi connectivity index (χ2n) is 2.35. The zero-order chi connectivity index (χ0) is 10.4. The van der Waals surface area contributed by atoms with Crippen LogP contribution >= 0.6 is 0 Å². The lowest BCUT2D eigenvalue weighted by Crippen LogP contribution is -1.95. The predicted molar refractivity (Wildman–Crippen MR) is 47.1 cm³/mol. The van der Waals surface area contributed by atoms with E-state index in [-0.39, 0.29) is 17.5 Å². The van der Waals surface area contributed by atoms with E-state index in [0.29, 0.717) is 12.6 Å². The Morgan fingerprint density at radius 1 is 1.50 bits per heavy atom. The quantitative estimate of drug-likeness (QED) is 0.397. The van der Waals surface area contributed by atoms with Gasteiger partial charge in [0.15, 0.2) is 6.29 Å². The molecule has 0 spiro atoms. The van der Waals surface area contributed by atoms with E-state index in [1.807, 2.05) is 0 Å². The molecule has 1 rings (SSSR count). The largest absolute Gasteiger partial charge is 0.302 e. The number of nitrogens with zero attached hydrogens (tertiary/aromatic N) is 1. The molecule has 0 unspecified atom stereocenters. The minimum Gasteiger partial charge on any atom is -0.302 e. The Kier molecular flexibility index (Phi) is 3.50. The highest BCUT2D eigenvalue weighted by Crippen LogP contribution is 2.06. The molecule has 1 heterocycles. The van der Waals surface area contributed by atoms with Gasteiger partial charge in [0.2, 0.25) is 5.95 Å². The summed E-state index contributed by atoms with van der Waals surface area (Å²) in [6.45, 7) is 0. The molecular formula is C10H6FNO2. The highest BCUT2D eigenvalue weighted by molar-refractivity contribution is 5.79. The van der Waals surface area contributed by atoms with Crippen LogP contribution in [0.25, 0.3) is 0 Å². The molecule has 0 aliphatic carbocycles. The lowest BCUT2D eigenvalue weighted by atomic mass is 10.1. The molecular weight excluding hydrogens is 185 g/mol. The van der Waals surface area contributed by atoms with Gasteiger partial charge in [-0.05, 0) is 6.07 Å². The molecule has 14 heavy (non-hydrogen) atoms. The number of rotatable bonds is 2. The maximum atomic E-state index is 12.9. The molecule has 4 heteroatoms. The zero-order valence-electron chi connectivity index (χ0n) is 7.16. The number of carbonyl (C=O) groups excluding carboxylic acids is 2. The first-order valence-electron chi connectivity index (χ1n) is 3.81. The van der Waals surface area contributed by atoms with Crippen molar-refractivity contribution in [2.24, 2.45) is 0 Å². The van der Waals surface area contributed by atoms with Crippen molar-refractivity contribution in [1.29, 1.82) is 0 Å². The highest BCUT2D eigenvalue weighted by Gasteiger charge is 2.05. The van der Waals surface area contributed by atoms with Crippen LogP contribution in [0.15, 0.2) is 12.3 Å². The Balaban J connectivity index is 3.09. The van der Waals surface area contributed by atoms with Crippen LogP contribution in [0, 0.1) is 17.8 Å². The zero-order valence-corrected chi connectivity index (χ0v) is 7.16. The van der Waals surface area contributed by atoms with E-state index in [4.69, 9.17) is 0 Å². The van der Waals surface area contributed by atoms with Gasteiger partial charge in [-0.2, -0.15) is 4.39 Å². The molecule has 0 aromatic carbocycles. The van der Waals surface area contributed by atoms with Crippen LogP contribution in [0.3, 0.4) is 0 Å². The Bertz CT molecular complexity index is 418. The molecule has 0 atom stereocenters. The standard InChI is InChI=1S/C10H6FNO2/c11-10-9(7-14)8(4-5-12-10)3-1-2-6-13/h4-7H,2H2. The van der Waals surface area contributed by atoms with E-state index in [1.54, 1.807) is 0 Å². The number of hydrogen-bond donors (Lipinski definition) is 0. The fraction of sp³-hybridized carbons (Fsp3) is 0.100. The Morgan fingerprint density at radius 3 is 2.93 bits per heavy atom. The summed E-state index contributed by atoms with van der Waals surface area (Å²) in [7, 11) is 0. The summed E-state index contributed by atoms with van der Waals surface area (Å²) in [5.41, 5.74) is 0.0697. The van der Waals surface area contributed by atoms with Crippen molar-refractivity contribution in [3.63, 3.8) is 0 Å². The van der Waals surface area contributed by atoms with Crippen molar-refractivity contribution in [1.82, 2.24) is 4.98 Å². The van der Waals surface area contributed by atoms with Gasteiger partial charge < -0.3 is 4.79 Å². The van der Waals surface area contributed by atoms with E-state index in [9.17, 15) is 14.0 Å². The van der Waals surface area contributed by atoms with E-state index in [2.05, 4.69) is 16.8 Å². The summed E-state index contributed by atoms with van der Waals surface area (Å²) < 4.78 is 12.9. The number of carbonyl (C=O) groups is 2. The Morgan fingerprint density at radius 2 is 2.29 bits per heavy atom. The van der Waals surface area contributed by atoms with Gasteiger partial charge in [-0.25, -0.2) is 4.98 Å². The molecule has 0 fully saturated rings. The molecule has 0 saturated heterocycles. The molecule has 3 nitrogen and oxygen atoms in total. The van der Waals surface area contributed by atoms with Crippen LogP contribution in [0.5, 0.6) is 0 Å². The van der Waals surface area contributed by atoms with Gasteiger partial charge in [-0.15, -0.1) is 0 Å². The molecule has 1 aromatic heterocycles. The molecule has 0 radical (unpaired) electrons. The van der Waals surface area contributed by atoms with Gasteiger partial charge in [0, 0.05) is 11.8 Å². The third kappa shape index (κ3) is 2.23. The summed E-state index contributed by atoms with van der Waals surface area (Å²) >= 11 is 0. The smallest absolute Gasteiger partial charge is 0.224 e.